The number of carbonyl (C=O) groups is 1. The molecule has 1 saturated heterocycles. The molecule has 1 aliphatic rings. The first-order valence-corrected chi connectivity index (χ1v) is 8.35. The van der Waals surface area contributed by atoms with Gasteiger partial charge in [-0.25, -0.2) is 9.78 Å². The third kappa shape index (κ3) is 6.37. The van der Waals surface area contributed by atoms with Crippen molar-refractivity contribution in [2.75, 3.05) is 26.7 Å². The van der Waals surface area contributed by atoms with E-state index in [1.54, 1.807) is 11.9 Å². The summed E-state index contributed by atoms with van der Waals surface area (Å²) < 4.78 is 10.6. The van der Waals surface area contributed by atoms with Crippen LogP contribution in [0.2, 0.25) is 0 Å². The number of oxazole rings is 1. The van der Waals surface area contributed by atoms with Gasteiger partial charge in [-0.1, -0.05) is 0 Å². The Labute approximate surface area is 165 Å². The number of amides is 1. The molecule has 1 aliphatic heterocycles. The number of rotatable bonds is 4. The Balaban J connectivity index is 0.00000312. The molecule has 1 aromatic rings. The summed E-state index contributed by atoms with van der Waals surface area (Å²) in [6, 6.07) is 0.273. The van der Waals surface area contributed by atoms with E-state index in [2.05, 4.69) is 20.6 Å². The number of aromatic nitrogens is 1. The fourth-order valence-corrected chi connectivity index (χ4v) is 2.58. The molecule has 8 nitrogen and oxygen atoms in total. The molecule has 0 aliphatic carbocycles. The molecule has 1 aromatic heterocycles. The van der Waals surface area contributed by atoms with E-state index >= 15 is 0 Å². The lowest BCUT2D eigenvalue weighted by molar-refractivity contribution is 0.0963. The summed E-state index contributed by atoms with van der Waals surface area (Å²) >= 11 is 0. The molecule has 1 amide bonds. The fourth-order valence-electron chi connectivity index (χ4n) is 2.58. The molecule has 0 atom stereocenters. The Hall–Kier alpha value is -1.52. The minimum atomic E-state index is -0.229. The summed E-state index contributed by atoms with van der Waals surface area (Å²) in [5.41, 5.74) is 0.904. The number of likely N-dealkylation sites (tertiary alicyclic amines) is 1. The molecule has 0 radical (unpaired) electrons. The highest BCUT2D eigenvalue weighted by molar-refractivity contribution is 14.0. The number of guanidine groups is 1. The molecule has 0 saturated carbocycles. The van der Waals surface area contributed by atoms with Crippen molar-refractivity contribution >= 4 is 36.0 Å². The minimum Gasteiger partial charge on any atom is -0.450 e. The highest BCUT2D eigenvalue weighted by Gasteiger charge is 2.24. The summed E-state index contributed by atoms with van der Waals surface area (Å²) in [7, 11) is 1.73. The van der Waals surface area contributed by atoms with Crippen LogP contribution in [0.3, 0.4) is 0 Å². The van der Waals surface area contributed by atoms with E-state index < -0.39 is 0 Å². The predicted octanol–water partition coefficient (Wildman–Crippen LogP) is 2.20. The number of ether oxygens (including phenoxy) is 1. The largest absolute Gasteiger partial charge is 0.450 e. The minimum absolute atomic E-state index is 0. The number of piperidine rings is 1. The van der Waals surface area contributed by atoms with Gasteiger partial charge in [-0.3, -0.25) is 4.99 Å². The second-order valence-electron chi connectivity index (χ2n) is 5.78. The van der Waals surface area contributed by atoms with Crippen LogP contribution in [0.25, 0.3) is 0 Å². The lowest BCUT2D eigenvalue weighted by Gasteiger charge is -2.32. The van der Waals surface area contributed by atoms with Crippen LogP contribution in [0.1, 0.15) is 37.1 Å². The molecule has 25 heavy (non-hydrogen) atoms. The average Bonchev–Trinajstić information content (AvgIpc) is 2.90. The number of nitrogens with zero attached hydrogens (tertiary/aromatic N) is 3. The summed E-state index contributed by atoms with van der Waals surface area (Å²) in [4.78, 5) is 22.0. The topological polar surface area (TPSA) is 92.0 Å². The molecule has 2 heterocycles. The Morgan fingerprint density at radius 2 is 2.08 bits per heavy atom. The van der Waals surface area contributed by atoms with Crippen LogP contribution in [-0.2, 0) is 11.3 Å². The molecule has 0 bridgehead atoms. The van der Waals surface area contributed by atoms with Crippen LogP contribution in [0.4, 0.5) is 4.79 Å². The van der Waals surface area contributed by atoms with Crippen LogP contribution in [0.5, 0.6) is 0 Å². The second-order valence-corrected chi connectivity index (χ2v) is 5.78. The summed E-state index contributed by atoms with van der Waals surface area (Å²) in [6.07, 6.45) is 1.49. The first kappa shape index (κ1) is 21.5. The molecular weight excluding hydrogens is 437 g/mol. The second kappa shape index (κ2) is 10.5. The monoisotopic (exact) mass is 465 g/mol. The van der Waals surface area contributed by atoms with Gasteiger partial charge >= 0.3 is 6.09 Å². The highest BCUT2D eigenvalue weighted by Crippen LogP contribution is 2.12. The van der Waals surface area contributed by atoms with Crippen molar-refractivity contribution in [3.63, 3.8) is 0 Å². The quantitative estimate of drug-likeness (QED) is 0.403. The zero-order chi connectivity index (χ0) is 17.5. The van der Waals surface area contributed by atoms with E-state index in [4.69, 9.17) is 9.15 Å². The number of aryl methyl sites for hydroxylation is 2. The zero-order valence-electron chi connectivity index (χ0n) is 15.3. The van der Waals surface area contributed by atoms with E-state index in [1.165, 1.54) is 0 Å². The van der Waals surface area contributed by atoms with Crippen molar-refractivity contribution < 1.29 is 13.9 Å². The molecule has 2 N–H and O–H groups in total. The Morgan fingerprint density at radius 3 is 2.60 bits per heavy atom. The van der Waals surface area contributed by atoms with Gasteiger partial charge < -0.3 is 24.7 Å². The van der Waals surface area contributed by atoms with E-state index in [9.17, 15) is 4.79 Å². The first-order valence-electron chi connectivity index (χ1n) is 8.35. The summed E-state index contributed by atoms with van der Waals surface area (Å²) in [5, 5.41) is 6.58. The molecule has 2 rings (SSSR count). The van der Waals surface area contributed by atoms with E-state index in [1.807, 2.05) is 20.8 Å². The van der Waals surface area contributed by atoms with Gasteiger partial charge in [0.2, 0.25) is 5.89 Å². The zero-order valence-corrected chi connectivity index (χ0v) is 17.6. The summed E-state index contributed by atoms with van der Waals surface area (Å²) in [6.45, 7) is 7.91. The Bertz CT molecular complexity index is 563. The van der Waals surface area contributed by atoms with E-state index in [0.29, 0.717) is 38.1 Å². The molecule has 0 aromatic carbocycles. The smallest absolute Gasteiger partial charge is 0.409 e. The van der Waals surface area contributed by atoms with Crippen LogP contribution >= 0.6 is 24.0 Å². The van der Waals surface area contributed by atoms with Crippen molar-refractivity contribution in [3.8, 4) is 0 Å². The van der Waals surface area contributed by atoms with Crippen molar-refractivity contribution in [1.82, 2.24) is 20.5 Å². The van der Waals surface area contributed by atoms with Gasteiger partial charge in [0.25, 0.3) is 0 Å². The normalized spacial score (nSPS) is 15.5. The van der Waals surface area contributed by atoms with Crippen LogP contribution < -0.4 is 10.6 Å². The van der Waals surface area contributed by atoms with Crippen LogP contribution in [0.15, 0.2) is 9.41 Å². The molecule has 1 fully saturated rings. The molecule has 0 spiro atoms. The van der Waals surface area contributed by atoms with Gasteiger partial charge in [0, 0.05) is 26.2 Å². The number of hydrogen-bond acceptors (Lipinski definition) is 5. The SMILES string of the molecule is CCOC(=O)N1CCC(NC(=NC)NCc2nc(C)c(C)o2)CC1.I. The van der Waals surface area contributed by atoms with Gasteiger partial charge in [0.15, 0.2) is 5.96 Å². The standard InChI is InChI=1S/C16H27N5O3.HI/c1-5-23-16(22)21-8-6-13(7-9-21)20-15(17-4)18-10-14-19-11(2)12(3)24-14;/h13H,5-10H2,1-4H3,(H2,17,18,20);1H. The first-order chi connectivity index (χ1) is 11.5. The van der Waals surface area contributed by atoms with Crippen molar-refractivity contribution in [3.05, 3.63) is 17.3 Å². The predicted molar refractivity (Wildman–Crippen MR) is 106 cm³/mol. The maximum absolute atomic E-state index is 11.7. The van der Waals surface area contributed by atoms with Crippen LogP contribution in [-0.4, -0.2) is 54.7 Å². The number of aliphatic imine (C=N–C) groups is 1. The molecule has 142 valence electrons. The van der Waals surface area contributed by atoms with E-state index in [0.717, 1.165) is 24.3 Å². The van der Waals surface area contributed by atoms with Gasteiger partial charge in [0.1, 0.15) is 5.76 Å². The van der Waals surface area contributed by atoms with Crippen molar-refractivity contribution in [2.45, 2.75) is 46.2 Å². The Kier molecular flexibility index (Phi) is 9.01. The van der Waals surface area contributed by atoms with Gasteiger partial charge in [-0.05, 0) is 33.6 Å². The van der Waals surface area contributed by atoms with Gasteiger partial charge in [-0.2, -0.15) is 0 Å². The average molecular weight is 465 g/mol. The maximum Gasteiger partial charge on any atom is 0.409 e. The molecular formula is C16H28IN5O3. The number of hydrogen-bond donors (Lipinski definition) is 2. The fraction of sp³-hybridized carbons (Fsp3) is 0.688. The van der Waals surface area contributed by atoms with E-state index in [-0.39, 0.29) is 36.1 Å². The third-order valence-electron chi connectivity index (χ3n) is 4.07. The third-order valence-corrected chi connectivity index (χ3v) is 4.07. The number of halogens is 1. The maximum atomic E-state index is 11.7. The van der Waals surface area contributed by atoms with Crippen LogP contribution in [0, 0.1) is 13.8 Å². The molecule has 9 heteroatoms. The van der Waals surface area contributed by atoms with Crippen molar-refractivity contribution in [1.29, 1.82) is 0 Å². The lowest BCUT2D eigenvalue weighted by Crippen LogP contribution is -2.49. The number of carbonyl (C=O) groups excluding carboxylic acids is 1. The van der Waals surface area contributed by atoms with Gasteiger partial charge in [0.05, 0.1) is 18.8 Å². The highest BCUT2D eigenvalue weighted by atomic mass is 127. The number of nitrogens with one attached hydrogen (secondary N) is 2. The Morgan fingerprint density at radius 1 is 1.40 bits per heavy atom. The molecule has 0 unspecified atom stereocenters. The lowest BCUT2D eigenvalue weighted by atomic mass is 10.1. The van der Waals surface area contributed by atoms with Crippen molar-refractivity contribution in [2.24, 2.45) is 4.99 Å². The summed E-state index contributed by atoms with van der Waals surface area (Å²) in [5.74, 6) is 2.18. The van der Waals surface area contributed by atoms with Gasteiger partial charge in [-0.15, -0.1) is 24.0 Å².